The van der Waals surface area contributed by atoms with Gasteiger partial charge in [-0.15, -0.1) is 0 Å². The average molecular weight is 507 g/mol. The number of carbonyl (C=O) groups is 2. The molecule has 1 amide bonds. The first-order valence-electron chi connectivity index (χ1n) is 12.8. The molecular formula is C29H34N2O6. The molecule has 0 bridgehead atoms. The van der Waals surface area contributed by atoms with Gasteiger partial charge in [-0.05, 0) is 62.9 Å². The first kappa shape index (κ1) is 26.3. The van der Waals surface area contributed by atoms with Crippen LogP contribution in [0.25, 0.3) is 11.5 Å². The third-order valence-corrected chi connectivity index (χ3v) is 6.50. The van der Waals surface area contributed by atoms with Crippen LogP contribution in [0.5, 0.6) is 5.75 Å². The van der Waals surface area contributed by atoms with Crippen molar-refractivity contribution in [2.45, 2.75) is 33.6 Å². The van der Waals surface area contributed by atoms with E-state index < -0.39 is 0 Å². The van der Waals surface area contributed by atoms with Gasteiger partial charge >= 0.3 is 12.1 Å². The smallest absolute Gasteiger partial charge is 0.409 e. The Morgan fingerprint density at radius 1 is 1.00 bits per heavy atom. The normalized spacial score (nSPS) is 17.0. The SMILES string of the molecule is CCOC(=O)[C@H]1CN(C(=O)OCC)C[C@H]1Cc1ccc(OCCc2nc(-c3ccccc3)oc2C)cc1. The van der Waals surface area contributed by atoms with Crippen LogP contribution in [0.15, 0.2) is 59.0 Å². The second-order valence-corrected chi connectivity index (χ2v) is 9.06. The summed E-state index contributed by atoms with van der Waals surface area (Å²) in [4.78, 5) is 31.0. The fourth-order valence-electron chi connectivity index (χ4n) is 4.61. The fraction of sp³-hybridized carbons (Fsp3) is 0.414. The van der Waals surface area contributed by atoms with Crippen molar-refractivity contribution in [2.24, 2.45) is 11.8 Å². The van der Waals surface area contributed by atoms with Gasteiger partial charge in [-0.3, -0.25) is 4.79 Å². The van der Waals surface area contributed by atoms with Crippen LogP contribution in [0, 0.1) is 18.8 Å². The van der Waals surface area contributed by atoms with Crippen LogP contribution in [0.4, 0.5) is 4.79 Å². The van der Waals surface area contributed by atoms with Crippen molar-refractivity contribution in [1.29, 1.82) is 0 Å². The van der Waals surface area contributed by atoms with Gasteiger partial charge in [0, 0.05) is 25.1 Å². The maximum atomic E-state index is 12.5. The van der Waals surface area contributed by atoms with E-state index in [1.807, 2.05) is 61.5 Å². The van der Waals surface area contributed by atoms with E-state index in [1.54, 1.807) is 18.7 Å². The minimum absolute atomic E-state index is 0.0378. The first-order valence-corrected chi connectivity index (χ1v) is 12.8. The summed E-state index contributed by atoms with van der Waals surface area (Å²) in [6.07, 6.45) is 0.901. The summed E-state index contributed by atoms with van der Waals surface area (Å²) in [6.45, 7) is 7.34. The van der Waals surface area contributed by atoms with Gasteiger partial charge in [0.2, 0.25) is 5.89 Å². The average Bonchev–Trinajstić information content (AvgIpc) is 3.50. The standard InChI is InChI=1S/C29H34N2O6/c1-4-34-28(32)25-19-31(29(33)35-5-2)18-23(25)17-21-11-13-24(14-12-21)36-16-15-26-20(3)37-27(30-26)22-9-7-6-8-10-22/h6-14,23,25H,4-5,15-19H2,1-3H3/t23-,25+/m1/s1. The number of aromatic nitrogens is 1. The lowest BCUT2D eigenvalue weighted by Crippen LogP contribution is -2.30. The number of amides is 1. The van der Waals surface area contributed by atoms with Crippen LogP contribution < -0.4 is 4.74 Å². The molecule has 1 aliphatic heterocycles. The van der Waals surface area contributed by atoms with E-state index in [1.165, 1.54) is 0 Å². The van der Waals surface area contributed by atoms with E-state index in [0.717, 1.165) is 28.3 Å². The largest absolute Gasteiger partial charge is 0.493 e. The molecule has 3 aromatic rings. The van der Waals surface area contributed by atoms with E-state index in [0.29, 0.717) is 51.6 Å². The molecule has 196 valence electrons. The Kier molecular flexibility index (Phi) is 8.82. The number of rotatable bonds is 10. The third kappa shape index (κ3) is 6.70. The Morgan fingerprint density at radius 3 is 2.43 bits per heavy atom. The highest BCUT2D eigenvalue weighted by Crippen LogP contribution is 2.29. The van der Waals surface area contributed by atoms with E-state index in [9.17, 15) is 9.59 Å². The molecule has 4 rings (SSSR count). The predicted molar refractivity (Wildman–Crippen MR) is 138 cm³/mol. The van der Waals surface area contributed by atoms with Crippen LogP contribution in [0.1, 0.15) is 30.9 Å². The number of esters is 1. The summed E-state index contributed by atoms with van der Waals surface area (Å²) in [5, 5.41) is 0. The molecule has 0 spiro atoms. The number of benzene rings is 2. The van der Waals surface area contributed by atoms with Crippen molar-refractivity contribution in [1.82, 2.24) is 9.88 Å². The number of aryl methyl sites for hydroxylation is 1. The first-order chi connectivity index (χ1) is 18.0. The zero-order valence-corrected chi connectivity index (χ0v) is 21.6. The Hall–Kier alpha value is -3.81. The maximum Gasteiger partial charge on any atom is 0.409 e. The quantitative estimate of drug-likeness (QED) is 0.354. The van der Waals surface area contributed by atoms with Crippen LogP contribution in [0.2, 0.25) is 0 Å². The van der Waals surface area contributed by atoms with E-state index in [4.69, 9.17) is 18.6 Å². The number of oxazole rings is 1. The van der Waals surface area contributed by atoms with E-state index in [2.05, 4.69) is 4.98 Å². The highest BCUT2D eigenvalue weighted by atomic mass is 16.6. The highest BCUT2D eigenvalue weighted by molar-refractivity contribution is 5.76. The van der Waals surface area contributed by atoms with Crippen LogP contribution in [-0.4, -0.2) is 54.9 Å². The third-order valence-electron chi connectivity index (χ3n) is 6.50. The van der Waals surface area contributed by atoms with Gasteiger partial charge in [0.25, 0.3) is 0 Å². The summed E-state index contributed by atoms with van der Waals surface area (Å²) in [5.41, 5.74) is 2.90. The number of likely N-dealkylation sites (tertiary alicyclic amines) is 1. The molecule has 0 N–H and O–H groups in total. The molecule has 1 aliphatic rings. The maximum absolute atomic E-state index is 12.5. The van der Waals surface area contributed by atoms with E-state index >= 15 is 0 Å². The highest BCUT2D eigenvalue weighted by Gasteiger charge is 2.41. The second-order valence-electron chi connectivity index (χ2n) is 9.06. The lowest BCUT2D eigenvalue weighted by molar-refractivity contribution is -0.148. The van der Waals surface area contributed by atoms with E-state index in [-0.39, 0.29) is 23.9 Å². The van der Waals surface area contributed by atoms with Gasteiger partial charge in [-0.2, -0.15) is 0 Å². The molecule has 0 aliphatic carbocycles. The van der Waals surface area contributed by atoms with Crippen molar-refractivity contribution in [3.63, 3.8) is 0 Å². The lowest BCUT2D eigenvalue weighted by atomic mass is 9.90. The topological polar surface area (TPSA) is 91.1 Å². The monoisotopic (exact) mass is 506 g/mol. The van der Waals surface area contributed by atoms with Gasteiger partial charge in [0.15, 0.2) is 0 Å². The molecule has 0 saturated carbocycles. The Bertz CT molecular complexity index is 1170. The molecule has 2 atom stereocenters. The van der Waals surface area contributed by atoms with Crippen molar-refractivity contribution in [3.05, 3.63) is 71.6 Å². The molecule has 2 aromatic carbocycles. The van der Waals surface area contributed by atoms with Gasteiger partial charge in [-0.1, -0.05) is 30.3 Å². The van der Waals surface area contributed by atoms with Crippen LogP contribution >= 0.6 is 0 Å². The van der Waals surface area contributed by atoms with Gasteiger partial charge in [-0.25, -0.2) is 9.78 Å². The molecule has 1 saturated heterocycles. The molecule has 8 heteroatoms. The summed E-state index contributed by atoms with van der Waals surface area (Å²) in [6, 6.07) is 17.7. The predicted octanol–water partition coefficient (Wildman–Crippen LogP) is 5.08. The van der Waals surface area contributed by atoms with Crippen LogP contribution in [-0.2, 0) is 27.1 Å². The number of hydrogen-bond acceptors (Lipinski definition) is 7. The fourth-order valence-corrected chi connectivity index (χ4v) is 4.61. The molecule has 2 heterocycles. The molecule has 37 heavy (non-hydrogen) atoms. The van der Waals surface area contributed by atoms with Gasteiger partial charge < -0.3 is 23.5 Å². The minimum atomic E-state index is -0.388. The second kappa shape index (κ2) is 12.4. The number of carbonyl (C=O) groups excluding carboxylic acids is 2. The number of hydrogen-bond donors (Lipinski definition) is 0. The Morgan fingerprint density at radius 2 is 1.73 bits per heavy atom. The van der Waals surface area contributed by atoms with Gasteiger partial charge in [0.1, 0.15) is 11.5 Å². The summed E-state index contributed by atoms with van der Waals surface area (Å²) < 4.78 is 22.2. The molecular weight excluding hydrogens is 472 g/mol. The summed E-state index contributed by atoms with van der Waals surface area (Å²) >= 11 is 0. The van der Waals surface area contributed by atoms with Crippen LogP contribution in [0.3, 0.4) is 0 Å². The van der Waals surface area contributed by atoms with Crippen molar-refractivity contribution >= 4 is 12.1 Å². The van der Waals surface area contributed by atoms with Crippen molar-refractivity contribution in [3.8, 4) is 17.2 Å². The molecule has 0 radical (unpaired) electrons. The molecule has 1 fully saturated rings. The van der Waals surface area contributed by atoms with Crippen molar-refractivity contribution < 1.29 is 28.2 Å². The summed E-state index contributed by atoms with van der Waals surface area (Å²) in [5.74, 6) is 1.50. The van der Waals surface area contributed by atoms with Gasteiger partial charge in [0.05, 0.1) is 31.4 Å². The van der Waals surface area contributed by atoms with Crippen molar-refractivity contribution in [2.75, 3.05) is 32.9 Å². The molecule has 8 nitrogen and oxygen atoms in total. The Balaban J connectivity index is 1.32. The number of ether oxygens (including phenoxy) is 3. The molecule has 1 aromatic heterocycles. The zero-order chi connectivity index (χ0) is 26.2. The zero-order valence-electron chi connectivity index (χ0n) is 21.6. The Labute approximate surface area is 217 Å². The minimum Gasteiger partial charge on any atom is -0.493 e. The molecule has 0 unspecified atom stereocenters. The summed E-state index contributed by atoms with van der Waals surface area (Å²) in [7, 11) is 0. The number of nitrogens with zero attached hydrogens (tertiary/aromatic N) is 2. The lowest BCUT2D eigenvalue weighted by Gasteiger charge is -2.17.